The van der Waals surface area contributed by atoms with E-state index >= 15 is 0 Å². The average Bonchev–Trinajstić information content (AvgIpc) is 1.95. The van der Waals surface area contributed by atoms with Crippen LogP contribution >= 0.6 is 11.6 Å². The van der Waals surface area contributed by atoms with E-state index in [9.17, 15) is 4.39 Å². The Morgan fingerprint density at radius 3 is 2.91 bits per heavy atom. The lowest BCUT2D eigenvalue weighted by Crippen LogP contribution is -1.89. The lowest BCUT2D eigenvalue weighted by atomic mass is 10.3. The topological polar surface area (TPSA) is 45.5 Å². The van der Waals surface area contributed by atoms with Crippen LogP contribution in [-0.4, -0.2) is 16.4 Å². The zero-order valence-corrected chi connectivity index (χ0v) is 6.09. The zero-order chi connectivity index (χ0) is 8.27. The Kier molecular flexibility index (Phi) is 2.38. The Morgan fingerprint density at radius 2 is 2.36 bits per heavy atom. The maximum Gasteiger partial charge on any atom is 0.214 e. The van der Waals surface area contributed by atoms with E-state index in [-0.39, 0.29) is 5.15 Å². The van der Waals surface area contributed by atoms with E-state index in [1.54, 1.807) is 0 Å². The highest BCUT2D eigenvalue weighted by Crippen LogP contribution is 2.10. The summed E-state index contributed by atoms with van der Waals surface area (Å²) in [5.74, 6) is -0.662. The third-order valence-corrected chi connectivity index (χ3v) is 1.34. The number of nitrogens with zero attached hydrogens (tertiary/aromatic N) is 2. The van der Waals surface area contributed by atoms with Gasteiger partial charge in [0.1, 0.15) is 5.15 Å². The molecule has 58 valence electrons. The van der Waals surface area contributed by atoms with Crippen molar-refractivity contribution in [1.82, 2.24) is 4.98 Å². The largest absolute Gasteiger partial charge is 0.411 e. The highest BCUT2D eigenvalue weighted by Gasteiger charge is 1.99. The summed E-state index contributed by atoms with van der Waals surface area (Å²) in [6.07, 6.45) is 1.08. The molecular weight excluding hydrogens is 171 g/mol. The van der Waals surface area contributed by atoms with Gasteiger partial charge in [0.25, 0.3) is 0 Å². The van der Waals surface area contributed by atoms with E-state index < -0.39 is 5.95 Å². The van der Waals surface area contributed by atoms with Crippen LogP contribution in [0.25, 0.3) is 0 Å². The van der Waals surface area contributed by atoms with E-state index in [0.717, 1.165) is 12.3 Å². The molecule has 11 heavy (non-hydrogen) atoms. The number of oxime groups is 1. The van der Waals surface area contributed by atoms with Gasteiger partial charge in [0, 0.05) is 5.56 Å². The Hall–Kier alpha value is -1.16. The number of aromatic nitrogens is 1. The second-order valence-electron chi connectivity index (χ2n) is 1.76. The second kappa shape index (κ2) is 3.30. The van der Waals surface area contributed by atoms with Crippen LogP contribution in [0.2, 0.25) is 5.15 Å². The number of hydrogen-bond donors (Lipinski definition) is 1. The SMILES string of the molecule is ON=Cc1ccc(F)nc1Cl. The number of pyridine rings is 1. The molecule has 0 aliphatic heterocycles. The quantitative estimate of drug-likeness (QED) is 0.305. The molecule has 0 fully saturated rings. The standard InChI is InChI=1S/C6H4ClFN2O/c7-6-4(3-9-11)1-2-5(8)10-6/h1-3,11H. The molecule has 1 heterocycles. The van der Waals surface area contributed by atoms with Gasteiger partial charge in [-0.1, -0.05) is 16.8 Å². The van der Waals surface area contributed by atoms with Gasteiger partial charge in [-0.25, -0.2) is 4.98 Å². The molecule has 1 aromatic rings. The van der Waals surface area contributed by atoms with E-state index in [4.69, 9.17) is 16.8 Å². The van der Waals surface area contributed by atoms with Crippen molar-refractivity contribution in [3.8, 4) is 0 Å². The minimum absolute atomic E-state index is 0.0252. The van der Waals surface area contributed by atoms with Crippen LogP contribution in [0.1, 0.15) is 5.56 Å². The molecule has 0 amide bonds. The molecule has 0 aliphatic rings. The molecule has 1 N–H and O–H groups in total. The van der Waals surface area contributed by atoms with E-state index in [2.05, 4.69) is 10.1 Å². The van der Waals surface area contributed by atoms with Crippen molar-refractivity contribution >= 4 is 17.8 Å². The average molecular weight is 175 g/mol. The lowest BCUT2D eigenvalue weighted by Gasteiger charge is -1.93. The maximum atomic E-state index is 12.3. The van der Waals surface area contributed by atoms with Crippen molar-refractivity contribution in [2.75, 3.05) is 0 Å². The highest BCUT2D eigenvalue weighted by atomic mass is 35.5. The van der Waals surface area contributed by atoms with Crippen molar-refractivity contribution < 1.29 is 9.60 Å². The van der Waals surface area contributed by atoms with Crippen LogP contribution in [0, 0.1) is 5.95 Å². The van der Waals surface area contributed by atoms with Gasteiger partial charge in [0.05, 0.1) is 6.21 Å². The number of hydrogen-bond acceptors (Lipinski definition) is 3. The van der Waals surface area contributed by atoms with Gasteiger partial charge in [-0.3, -0.25) is 0 Å². The van der Waals surface area contributed by atoms with Crippen LogP contribution in [0.15, 0.2) is 17.3 Å². The third-order valence-electron chi connectivity index (χ3n) is 1.04. The molecule has 0 saturated heterocycles. The van der Waals surface area contributed by atoms with Crippen LogP contribution in [0.3, 0.4) is 0 Å². The summed E-state index contributed by atoms with van der Waals surface area (Å²) in [5.41, 5.74) is 0.371. The van der Waals surface area contributed by atoms with Crippen LogP contribution in [-0.2, 0) is 0 Å². The van der Waals surface area contributed by atoms with Crippen molar-refractivity contribution in [3.05, 3.63) is 28.8 Å². The molecule has 3 nitrogen and oxygen atoms in total. The molecule has 0 atom stereocenters. The molecule has 0 aromatic carbocycles. The first-order chi connectivity index (χ1) is 5.24. The lowest BCUT2D eigenvalue weighted by molar-refractivity contribution is 0.322. The monoisotopic (exact) mass is 174 g/mol. The predicted octanol–water partition coefficient (Wildman–Crippen LogP) is 1.68. The van der Waals surface area contributed by atoms with Gasteiger partial charge in [0.15, 0.2) is 0 Å². The fourth-order valence-corrected chi connectivity index (χ4v) is 0.774. The third kappa shape index (κ3) is 1.88. The molecule has 0 unspecified atom stereocenters. The maximum absolute atomic E-state index is 12.3. The Balaban J connectivity index is 3.09. The summed E-state index contributed by atoms with van der Waals surface area (Å²) in [6.45, 7) is 0. The van der Waals surface area contributed by atoms with Crippen molar-refractivity contribution in [1.29, 1.82) is 0 Å². The summed E-state index contributed by atoms with van der Waals surface area (Å²) in [5, 5.41) is 10.8. The molecule has 1 rings (SSSR count). The fourth-order valence-electron chi connectivity index (χ4n) is 0.581. The number of halogens is 2. The summed E-state index contributed by atoms with van der Waals surface area (Å²) >= 11 is 5.45. The Labute approximate surface area is 67.1 Å². The summed E-state index contributed by atoms with van der Waals surface area (Å²) in [4.78, 5) is 3.29. The molecule has 0 saturated carbocycles. The first kappa shape index (κ1) is 7.94. The van der Waals surface area contributed by atoms with Gasteiger partial charge in [-0.05, 0) is 12.1 Å². The summed E-state index contributed by atoms with van der Waals surface area (Å²) in [7, 11) is 0. The van der Waals surface area contributed by atoms with Crippen LogP contribution in [0.5, 0.6) is 0 Å². The van der Waals surface area contributed by atoms with Crippen LogP contribution < -0.4 is 0 Å². The minimum atomic E-state index is -0.662. The molecule has 0 aliphatic carbocycles. The summed E-state index contributed by atoms with van der Waals surface area (Å²) in [6, 6.07) is 2.49. The van der Waals surface area contributed by atoms with Gasteiger partial charge in [-0.2, -0.15) is 4.39 Å². The Bertz CT molecular complexity index is 290. The predicted molar refractivity (Wildman–Crippen MR) is 38.6 cm³/mol. The van der Waals surface area contributed by atoms with E-state index in [1.807, 2.05) is 0 Å². The van der Waals surface area contributed by atoms with Crippen molar-refractivity contribution in [2.24, 2.45) is 5.16 Å². The van der Waals surface area contributed by atoms with E-state index in [0.29, 0.717) is 5.56 Å². The second-order valence-corrected chi connectivity index (χ2v) is 2.12. The molecular formula is C6H4ClFN2O. The van der Waals surface area contributed by atoms with Gasteiger partial charge in [-0.15, -0.1) is 0 Å². The Morgan fingerprint density at radius 1 is 1.64 bits per heavy atom. The molecule has 0 spiro atoms. The van der Waals surface area contributed by atoms with Crippen molar-refractivity contribution in [2.45, 2.75) is 0 Å². The van der Waals surface area contributed by atoms with Crippen LogP contribution in [0.4, 0.5) is 4.39 Å². The molecule has 0 bridgehead atoms. The molecule has 5 heteroatoms. The van der Waals surface area contributed by atoms with Crippen molar-refractivity contribution in [3.63, 3.8) is 0 Å². The molecule has 1 aromatic heterocycles. The fraction of sp³-hybridized carbons (Fsp3) is 0. The first-order valence-corrected chi connectivity index (χ1v) is 3.11. The summed E-state index contributed by atoms with van der Waals surface area (Å²) < 4.78 is 12.3. The first-order valence-electron chi connectivity index (χ1n) is 2.73. The van der Waals surface area contributed by atoms with E-state index in [1.165, 1.54) is 6.07 Å². The highest BCUT2D eigenvalue weighted by molar-refractivity contribution is 6.31. The number of rotatable bonds is 1. The van der Waals surface area contributed by atoms with Gasteiger partial charge in [0.2, 0.25) is 5.95 Å². The molecule has 0 radical (unpaired) electrons. The minimum Gasteiger partial charge on any atom is -0.411 e. The normalized spacial score (nSPS) is 10.7. The smallest absolute Gasteiger partial charge is 0.214 e. The van der Waals surface area contributed by atoms with Gasteiger partial charge >= 0.3 is 0 Å². The van der Waals surface area contributed by atoms with Gasteiger partial charge < -0.3 is 5.21 Å². The zero-order valence-electron chi connectivity index (χ0n) is 5.33.